The van der Waals surface area contributed by atoms with E-state index in [0.29, 0.717) is 18.9 Å². The van der Waals surface area contributed by atoms with Crippen molar-refractivity contribution in [3.8, 4) is 0 Å². The number of pyridine rings is 1. The van der Waals surface area contributed by atoms with Gasteiger partial charge in [-0.15, -0.1) is 0 Å². The summed E-state index contributed by atoms with van der Waals surface area (Å²) in [4.78, 5) is 21.7. The SMILES string of the molecule is CN(C)CCNC(=O)CC1CC2(CCN(Cc3ccccn3)CC2)c2ccccc21. The van der Waals surface area contributed by atoms with E-state index in [9.17, 15) is 4.79 Å². The zero-order chi connectivity index (χ0) is 21.0. The second kappa shape index (κ2) is 9.27. The largest absolute Gasteiger partial charge is 0.355 e. The van der Waals surface area contributed by atoms with Gasteiger partial charge in [0.1, 0.15) is 0 Å². The molecule has 1 fully saturated rings. The molecule has 2 aliphatic rings. The standard InChI is InChI=1S/C25H34N4O/c1-28(2)16-13-27-24(30)17-20-18-25(23-9-4-3-8-22(20)23)10-14-29(15-11-25)19-21-7-5-6-12-26-21/h3-9,12,20H,10-11,13-19H2,1-2H3,(H,27,30). The molecule has 30 heavy (non-hydrogen) atoms. The number of benzene rings is 1. The minimum Gasteiger partial charge on any atom is -0.355 e. The summed E-state index contributed by atoms with van der Waals surface area (Å²) in [5.74, 6) is 0.518. The number of nitrogens with one attached hydrogen (secondary N) is 1. The van der Waals surface area contributed by atoms with Crippen LogP contribution in [0, 0.1) is 0 Å². The molecule has 1 unspecified atom stereocenters. The summed E-state index contributed by atoms with van der Waals surface area (Å²) >= 11 is 0. The van der Waals surface area contributed by atoms with E-state index in [2.05, 4.69) is 56.5 Å². The van der Waals surface area contributed by atoms with Crippen molar-refractivity contribution < 1.29 is 4.79 Å². The number of aromatic nitrogens is 1. The van der Waals surface area contributed by atoms with Crippen molar-refractivity contribution in [1.82, 2.24) is 20.1 Å². The summed E-state index contributed by atoms with van der Waals surface area (Å²) in [6, 6.07) is 15.0. The molecule has 160 valence electrons. The summed E-state index contributed by atoms with van der Waals surface area (Å²) in [7, 11) is 4.06. The first kappa shape index (κ1) is 21.0. The number of amides is 1. The second-order valence-corrected chi connectivity index (χ2v) is 9.22. The summed E-state index contributed by atoms with van der Waals surface area (Å²) < 4.78 is 0. The van der Waals surface area contributed by atoms with Crippen LogP contribution in [0.2, 0.25) is 0 Å². The van der Waals surface area contributed by atoms with Crippen molar-refractivity contribution in [3.63, 3.8) is 0 Å². The van der Waals surface area contributed by atoms with Crippen LogP contribution >= 0.6 is 0 Å². The predicted octanol–water partition coefficient (Wildman–Crippen LogP) is 3.17. The Morgan fingerprint density at radius 3 is 2.67 bits per heavy atom. The van der Waals surface area contributed by atoms with Crippen molar-refractivity contribution in [1.29, 1.82) is 0 Å². The fourth-order valence-electron chi connectivity index (χ4n) is 5.26. The van der Waals surface area contributed by atoms with Gasteiger partial charge in [-0.05, 0) is 81.0 Å². The van der Waals surface area contributed by atoms with Gasteiger partial charge in [0.2, 0.25) is 5.91 Å². The number of carbonyl (C=O) groups excluding carboxylic acids is 1. The van der Waals surface area contributed by atoms with Crippen molar-refractivity contribution in [2.75, 3.05) is 40.3 Å². The highest BCUT2D eigenvalue weighted by atomic mass is 16.1. The van der Waals surface area contributed by atoms with Crippen LogP contribution in [-0.4, -0.2) is 61.0 Å². The molecule has 1 amide bonds. The van der Waals surface area contributed by atoms with Crippen LogP contribution in [0.15, 0.2) is 48.7 Å². The van der Waals surface area contributed by atoms with Gasteiger partial charge in [0.25, 0.3) is 0 Å². The molecule has 5 heteroatoms. The molecule has 0 radical (unpaired) electrons. The van der Waals surface area contributed by atoms with E-state index in [1.54, 1.807) is 0 Å². The van der Waals surface area contributed by atoms with Crippen molar-refractivity contribution in [2.24, 2.45) is 0 Å². The van der Waals surface area contributed by atoms with Crippen LogP contribution in [0.1, 0.15) is 48.4 Å². The Morgan fingerprint density at radius 1 is 1.17 bits per heavy atom. The van der Waals surface area contributed by atoms with Crippen LogP contribution in [0.25, 0.3) is 0 Å². The lowest BCUT2D eigenvalue weighted by atomic mass is 9.73. The van der Waals surface area contributed by atoms with Gasteiger partial charge in [0, 0.05) is 32.3 Å². The fourth-order valence-corrected chi connectivity index (χ4v) is 5.26. The maximum atomic E-state index is 12.6. The number of fused-ring (bicyclic) bond motifs is 2. The van der Waals surface area contributed by atoms with E-state index in [1.165, 1.54) is 11.1 Å². The molecule has 1 N–H and O–H groups in total. The molecule has 1 atom stereocenters. The summed E-state index contributed by atoms with van der Waals surface area (Å²) in [5.41, 5.74) is 4.27. The monoisotopic (exact) mass is 406 g/mol. The minimum absolute atomic E-state index is 0.182. The highest BCUT2D eigenvalue weighted by Crippen LogP contribution is 2.52. The normalized spacial score (nSPS) is 20.4. The van der Waals surface area contributed by atoms with E-state index >= 15 is 0 Å². The molecule has 2 aromatic rings. The first-order chi connectivity index (χ1) is 14.6. The summed E-state index contributed by atoms with van der Waals surface area (Å²) in [5, 5.41) is 3.10. The van der Waals surface area contributed by atoms with Crippen molar-refractivity contribution >= 4 is 5.91 Å². The Hall–Kier alpha value is -2.24. The number of carbonyl (C=O) groups is 1. The molecule has 2 heterocycles. The smallest absolute Gasteiger partial charge is 0.220 e. The maximum absolute atomic E-state index is 12.6. The lowest BCUT2D eigenvalue weighted by molar-refractivity contribution is -0.121. The highest BCUT2D eigenvalue weighted by molar-refractivity contribution is 5.77. The van der Waals surface area contributed by atoms with Crippen LogP contribution in [0.5, 0.6) is 0 Å². The average molecular weight is 407 g/mol. The number of likely N-dealkylation sites (N-methyl/N-ethyl adjacent to an activating group) is 1. The molecule has 1 aromatic carbocycles. The van der Waals surface area contributed by atoms with Crippen LogP contribution in [0.3, 0.4) is 0 Å². The van der Waals surface area contributed by atoms with Crippen molar-refractivity contribution in [2.45, 2.75) is 43.6 Å². The Morgan fingerprint density at radius 2 is 1.93 bits per heavy atom. The first-order valence-electron chi connectivity index (χ1n) is 11.2. The van der Waals surface area contributed by atoms with E-state index in [4.69, 9.17) is 0 Å². The number of likely N-dealkylation sites (tertiary alicyclic amines) is 1. The molecule has 1 saturated heterocycles. The summed E-state index contributed by atoms with van der Waals surface area (Å²) in [6.07, 6.45) is 5.90. The van der Waals surface area contributed by atoms with Crippen molar-refractivity contribution in [3.05, 3.63) is 65.5 Å². The van der Waals surface area contributed by atoms with Gasteiger partial charge in [-0.3, -0.25) is 14.7 Å². The van der Waals surface area contributed by atoms with E-state index in [1.807, 2.05) is 26.4 Å². The minimum atomic E-state index is 0.182. The average Bonchev–Trinajstić information content (AvgIpc) is 3.04. The Labute approximate surface area is 180 Å². The first-order valence-corrected chi connectivity index (χ1v) is 11.2. The van der Waals surface area contributed by atoms with Gasteiger partial charge in [-0.25, -0.2) is 0 Å². The topological polar surface area (TPSA) is 48.5 Å². The molecule has 4 rings (SSSR count). The van der Waals surface area contributed by atoms with E-state index < -0.39 is 0 Å². The molecule has 1 aliphatic carbocycles. The highest BCUT2D eigenvalue weighted by Gasteiger charge is 2.45. The number of rotatable bonds is 7. The second-order valence-electron chi connectivity index (χ2n) is 9.22. The molecule has 5 nitrogen and oxygen atoms in total. The molecule has 0 saturated carbocycles. The Balaban J connectivity index is 1.39. The zero-order valence-corrected chi connectivity index (χ0v) is 18.3. The van der Waals surface area contributed by atoms with Gasteiger partial charge < -0.3 is 10.2 Å². The van der Waals surface area contributed by atoms with E-state index in [0.717, 1.165) is 51.1 Å². The van der Waals surface area contributed by atoms with E-state index in [-0.39, 0.29) is 11.3 Å². The zero-order valence-electron chi connectivity index (χ0n) is 18.3. The summed E-state index contributed by atoms with van der Waals surface area (Å²) in [6.45, 7) is 4.70. The lowest BCUT2D eigenvalue weighted by Gasteiger charge is -2.40. The molecule has 1 aliphatic heterocycles. The number of hydrogen-bond donors (Lipinski definition) is 1. The van der Waals surface area contributed by atoms with Crippen LogP contribution < -0.4 is 5.32 Å². The molecule has 1 aromatic heterocycles. The number of nitrogens with zero attached hydrogens (tertiary/aromatic N) is 3. The Kier molecular flexibility index (Phi) is 6.49. The quantitative estimate of drug-likeness (QED) is 0.767. The molecule has 0 bridgehead atoms. The Bertz CT molecular complexity index is 843. The van der Waals surface area contributed by atoms with Crippen LogP contribution in [-0.2, 0) is 16.8 Å². The molecular formula is C25H34N4O. The number of piperidine rings is 1. The third-order valence-corrected chi connectivity index (χ3v) is 6.85. The van der Waals surface area contributed by atoms with Gasteiger partial charge >= 0.3 is 0 Å². The third kappa shape index (κ3) is 4.73. The lowest BCUT2D eigenvalue weighted by Crippen LogP contribution is -2.41. The molecular weight excluding hydrogens is 372 g/mol. The predicted molar refractivity (Wildman–Crippen MR) is 120 cm³/mol. The van der Waals surface area contributed by atoms with Crippen LogP contribution in [0.4, 0.5) is 0 Å². The number of hydrogen-bond acceptors (Lipinski definition) is 4. The molecule has 1 spiro atoms. The third-order valence-electron chi connectivity index (χ3n) is 6.85. The van der Waals surface area contributed by atoms with Gasteiger partial charge in [-0.1, -0.05) is 30.3 Å². The fraction of sp³-hybridized carbons (Fsp3) is 0.520. The van der Waals surface area contributed by atoms with Gasteiger partial charge in [-0.2, -0.15) is 0 Å². The van der Waals surface area contributed by atoms with Gasteiger partial charge in [0.15, 0.2) is 0 Å². The van der Waals surface area contributed by atoms with Gasteiger partial charge in [0.05, 0.1) is 5.69 Å². The maximum Gasteiger partial charge on any atom is 0.220 e.